The lowest BCUT2D eigenvalue weighted by molar-refractivity contribution is -0.121. The Kier molecular flexibility index (Phi) is 6.68. The van der Waals surface area contributed by atoms with Gasteiger partial charge in [-0.2, -0.15) is 0 Å². The second-order valence-corrected chi connectivity index (χ2v) is 5.49. The van der Waals surface area contributed by atoms with Gasteiger partial charge in [0.25, 0.3) is 0 Å². The normalized spacial score (nSPS) is 10.4. The van der Waals surface area contributed by atoms with Crippen LogP contribution < -0.4 is 11.1 Å². The van der Waals surface area contributed by atoms with E-state index in [1.54, 1.807) is 11.3 Å². The molecule has 3 nitrogen and oxygen atoms in total. The van der Waals surface area contributed by atoms with Crippen LogP contribution in [0.1, 0.15) is 24.1 Å². The molecule has 0 aliphatic carbocycles. The zero-order valence-corrected chi connectivity index (χ0v) is 11.6. The second kappa shape index (κ2) is 7.81. The first-order chi connectivity index (χ1) is 7.72. The molecule has 0 aliphatic rings. The molecule has 0 aromatic carbocycles. The van der Waals surface area contributed by atoms with Gasteiger partial charge < -0.3 is 11.1 Å². The van der Waals surface area contributed by atoms with Crippen molar-refractivity contribution in [2.75, 3.05) is 13.1 Å². The van der Waals surface area contributed by atoms with E-state index < -0.39 is 0 Å². The van der Waals surface area contributed by atoms with E-state index in [9.17, 15) is 4.79 Å². The Morgan fingerprint density at radius 3 is 2.94 bits per heavy atom. The fourth-order valence-corrected chi connectivity index (χ4v) is 2.76. The third-order valence-corrected chi connectivity index (χ3v) is 3.93. The molecule has 0 aliphatic heterocycles. The van der Waals surface area contributed by atoms with Gasteiger partial charge in [0.1, 0.15) is 0 Å². The van der Waals surface area contributed by atoms with Gasteiger partial charge in [0, 0.05) is 27.7 Å². The fourth-order valence-electron chi connectivity index (χ4n) is 1.31. The standard InChI is InChI=1S/C11H17BrN2OS/c12-9-7-10(16-8-9)3-4-11(15)14-6-2-1-5-13/h7-8H,1-6,13H2,(H,14,15). The third-order valence-electron chi connectivity index (χ3n) is 2.17. The zero-order valence-electron chi connectivity index (χ0n) is 9.17. The highest BCUT2D eigenvalue weighted by atomic mass is 79.9. The van der Waals surface area contributed by atoms with Crippen LogP contribution in [-0.2, 0) is 11.2 Å². The van der Waals surface area contributed by atoms with Gasteiger partial charge in [0.15, 0.2) is 0 Å². The van der Waals surface area contributed by atoms with Crippen molar-refractivity contribution in [3.8, 4) is 0 Å². The summed E-state index contributed by atoms with van der Waals surface area (Å²) in [6.45, 7) is 1.43. The van der Waals surface area contributed by atoms with E-state index in [4.69, 9.17) is 5.73 Å². The number of rotatable bonds is 7. The number of unbranched alkanes of at least 4 members (excludes halogenated alkanes) is 1. The van der Waals surface area contributed by atoms with Crippen molar-refractivity contribution in [1.82, 2.24) is 5.32 Å². The molecule has 0 atom stereocenters. The summed E-state index contributed by atoms with van der Waals surface area (Å²) in [4.78, 5) is 12.7. The molecule has 0 saturated carbocycles. The molecule has 0 spiro atoms. The molecule has 1 rings (SSSR count). The van der Waals surface area contributed by atoms with Crippen molar-refractivity contribution < 1.29 is 4.79 Å². The monoisotopic (exact) mass is 304 g/mol. The first-order valence-corrected chi connectivity index (χ1v) is 7.09. The van der Waals surface area contributed by atoms with Gasteiger partial charge in [-0.25, -0.2) is 0 Å². The number of aryl methyl sites for hydroxylation is 1. The van der Waals surface area contributed by atoms with Gasteiger partial charge in [-0.3, -0.25) is 4.79 Å². The van der Waals surface area contributed by atoms with Crippen molar-refractivity contribution in [3.63, 3.8) is 0 Å². The third kappa shape index (κ3) is 5.63. The lowest BCUT2D eigenvalue weighted by atomic mass is 10.2. The first kappa shape index (κ1) is 13.7. The predicted octanol–water partition coefficient (Wildman–Crippen LogP) is 2.30. The summed E-state index contributed by atoms with van der Waals surface area (Å²) in [7, 11) is 0. The molecule has 0 radical (unpaired) electrons. The quantitative estimate of drug-likeness (QED) is 0.760. The van der Waals surface area contributed by atoms with Crippen LogP contribution in [0.3, 0.4) is 0 Å². The molecule has 90 valence electrons. The van der Waals surface area contributed by atoms with E-state index >= 15 is 0 Å². The number of amides is 1. The Morgan fingerprint density at radius 1 is 1.50 bits per heavy atom. The average Bonchev–Trinajstić information content (AvgIpc) is 2.68. The number of thiophene rings is 1. The Morgan fingerprint density at radius 2 is 2.31 bits per heavy atom. The molecule has 0 saturated heterocycles. The van der Waals surface area contributed by atoms with Crippen LogP contribution in [0.15, 0.2) is 15.9 Å². The maximum absolute atomic E-state index is 11.4. The Bertz CT molecular complexity index is 328. The van der Waals surface area contributed by atoms with Gasteiger partial charge >= 0.3 is 0 Å². The maximum atomic E-state index is 11.4. The molecule has 1 amide bonds. The summed E-state index contributed by atoms with van der Waals surface area (Å²) < 4.78 is 1.09. The van der Waals surface area contributed by atoms with Crippen LogP contribution in [0, 0.1) is 0 Å². The average molecular weight is 305 g/mol. The van der Waals surface area contributed by atoms with Crippen molar-refractivity contribution in [2.45, 2.75) is 25.7 Å². The van der Waals surface area contributed by atoms with Crippen LogP contribution in [0.2, 0.25) is 0 Å². The van der Waals surface area contributed by atoms with Gasteiger partial charge in [-0.05, 0) is 47.8 Å². The summed E-state index contributed by atoms with van der Waals surface area (Å²) in [6.07, 6.45) is 3.32. The lowest BCUT2D eigenvalue weighted by Gasteiger charge is -2.03. The summed E-state index contributed by atoms with van der Waals surface area (Å²) >= 11 is 5.08. The lowest BCUT2D eigenvalue weighted by Crippen LogP contribution is -2.24. The van der Waals surface area contributed by atoms with Gasteiger partial charge in [-0.1, -0.05) is 0 Å². The van der Waals surface area contributed by atoms with E-state index in [0.717, 1.165) is 30.3 Å². The fraction of sp³-hybridized carbons (Fsp3) is 0.545. The maximum Gasteiger partial charge on any atom is 0.220 e. The highest BCUT2D eigenvalue weighted by molar-refractivity contribution is 9.10. The first-order valence-electron chi connectivity index (χ1n) is 5.42. The zero-order chi connectivity index (χ0) is 11.8. The Hall–Kier alpha value is -0.390. The van der Waals surface area contributed by atoms with Gasteiger partial charge in [0.2, 0.25) is 5.91 Å². The number of halogens is 1. The Labute approximate surface area is 109 Å². The van der Waals surface area contributed by atoms with E-state index in [2.05, 4.69) is 27.3 Å². The molecule has 3 N–H and O–H groups in total. The van der Waals surface area contributed by atoms with Crippen LogP contribution in [0.25, 0.3) is 0 Å². The minimum Gasteiger partial charge on any atom is -0.356 e. The van der Waals surface area contributed by atoms with Crippen LogP contribution in [-0.4, -0.2) is 19.0 Å². The molecule has 16 heavy (non-hydrogen) atoms. The van der Waals surface area contributed by atoms with Gasteiger partial charge in [0.05, 0.1) is 0 Å². The van der Waals surface area contributed by atoms with E-state index in [1.807, 2.05) is 5.38 Å². The molecule has 1 heterocycles. The highest BCUT2D eigenvalue weighted by Crippen LogP contribution is 2.20. The number of hydrogen-bond acceptors (Lipinski definition) is 3. The van der Waals surface area contributed by atoms with Crippen LogP contribution in [0.4, 0.5) is 0 Å². The molecule has 0 fully saturated rings. The number of hydrogen-bond donors (Lipinski definition) is 2. The summed E-state index contributed by atoms with van der Waals surface area (Å²) in [5.41, 5.74) is 5.37. The number of carbonyl (C=O) groups is 1. The Balaban J connectivity index is 2.10. The summed E-state index contributed by atoms with van der Waals surface area (Å²) in [6, 6.07) is 2.06. The minimum atomic E-state index is 0.126. The molecular weight excluding hydrogens is 288 g/mol. The number of carbonyl (C=O) groups excluding carboxylic acids is 1. The topological polar surface area (TPSA) is 55.1 Å². The number of nitrogens with one attached hydrogen (secondary N) is 1. The SMILES string of the molecule is NCCCCNC(=O)CCc1cc(Br)cs1. The van der Waals surface area contributed by atoms with Crippen molar-refractivity contribution in [3.05, 3.63) is 20.8 Å². The van der Waals surface area contributed by atoms with Crippen molar-refractivity contribution in [2.24, 2.45) is 5.73 Å². The van der Waals surface area contributed by atoms with Crippen LogP contribution >= 0.6 is 27.3 Å². The number of nitrogens with two attached hydrogens (primary N) is 1. The molecule has 0 unspecified atom stereocenters. The smallest absolute Gasteiger partial charge is 0.220 e. The molecular formula is C11H17BrN2OS. The minimum absolute atomic E-state index is 0.126. The predicted molar refractivity (Wildman–Crippen MR) is 71.6 cm³/mol. The van der Waals surface area contributed by atoms with Crippen molar-refractivity contribution >= 4 is 33.2 Å². The molecule has 0 bridgehead atoms. The summed E-state index contributed by atoms with van der Waals surface area (Å²) in [5, 5.41) is 4.93. The second-order valence-electron chi connectivity index (χ2n) is 3.58. The highest BCUT2D eigenvalue weighted by Gasteiger charge is 2.03. The van der Waals surface area contributed by atoms with Crippen LogP contribution in [0.5, 0.6) is 0 Å². The van der Waals surface area contributed by atoms with E-state index in [-0.39, 0.29) is 5.91 Å². The van der Waals surface area contributed by atoms with Crippen molar-refractivity contribution in [1.29, 1.82) is 0 Å². The van der Waals surface area contributed by atoms with Gasteiger partial charge in [-0.15, -0.1) is 11.3 Å². The van der Waals surface area contributed by atoms with E-state index in [1.165, 1.54) is 4.88 Å². The molecule has 1 aromatic heterocycles. The van der Waals surface area contributed by atoms with E-state index in [0.29, 0.717) is 13.0 Å². The molecule has 1 aromatic rings. The molecule has 5 heteroatoms. The largest absolute Gasteiger partial charge is 0.356 e. The summed E-state index contributed by atoms with van der Waals surface area (Å²) in [5.74, 6) is 0.126.